The summed E-state index contributed by atoms with van der Waals surface area (Å²) in [6.45, 7) is 0.661. The van der Waals surface area contributed by atoms with Crippen LogP contribution in [0.4, 0.5) is 0 Å². The summed E-state index contributed by atoms with van der Waals surface area (Å²) in [4.78, 5) is 18.3. The van der Waals surface area contributed by atoms with E-state index in [0.717, 1.165) is 22.3 Å². The topological polar surface area (TPSA) is 71.3 Å². The van der Waals surface area contributed by atoms with Gasteiger partial charge in [-0.1, -0.05) is 29.5 Å². The van der Waals surface area contributed by atoms with Crippen molar-refractivity contribution in [3.63, 3.8) is 0 Å². The van der Waals surface area contributed by atoms with Crippen LogP contribution in [-0.2, 0) is 0 Å². The number of benzene rings is 3. The number of aromatic nitrogens is 2. The largest absolute Gasteiger partial charge is 0.497 e. The average Bonchev–Trinajstić information content (AvgIpc) is 3.38. The van der Waals surface area contributed by atoms with Crippen molar-refractivity contribution in [1.82, 2.24) is 9.38 Å². The fraction of sp³-hybridized carbons (Fsp3) is 0.154. The molecule has 0 saturated carbocycles. The highest BCUT2D eigenvalue weighted by molar-refractivity contribution is 9.10. The highest BCUT2D eigenvalue weighted by Crippen LogP contribution is 2.37. The number of para-hydroxylation sites is 2. The van der Waals surface area contributed by atoms with Crippen LogP contribution in [0.15, 0.2) is 69.9 Å². The number of imidazole rings is 1. The third-order valence-corrected chi connectivity index (χ3v) is 6.89. The summed E-state index contributed by atoms with van der Waals surface area (Å²) in [6.07, 6.45) is 1.83. The molecule has 0 atom stereocenters. The van der Waals surface area contributed by atoms with Crippen LogP contribution >= 0.6 is 27.3 Å². The van der Waals surface area contributed by atoms with Crippen LogP contribution in [0.2, 0.25) is 0 Å². The molecule has 0 N–H and O–H groups in total. The number of ether oxygens (including phenoxy) is 4. The van der Waals surface area contributed by atoms with E-state index in [1.807, 2.05) is 66.7 Å². The predicted molar refractivity (Wildman–Crippen MR) is 140 cm³/mol. The number of nitrogens with zero attached hydrogens (tertiary/aromatic N) is 2. The third kappa shape index (κ3) is 4.69. The van der Waals surface area contributed by atoms with Crippen LogP contribution < -0.4 is 29.0 Å². The second-order valence-corrected chi connectivity index (χ2v) is 9.41. The molecule has 0 fully saturated rings. The second kappa shape index (κ2) is 9.97. The van der Waals surface area contributed by atoms with Crippen LogP contribution in [0.1, 0.15) is 5.56 Å². The lowest BCUT2D eigenvalue weighted by Gasteiger charge is -2.14. The van der Waals surface area contributed by atoms with Gasteiger partial charge in [-0.3, -0.25) is 4.79 Å². The van der Waals surface area contributed by atoms with Gasteiger partial charge in [0.2, 0.25) is 0 Å². The molecule has 0 aliphatic rings. The molecule has 0 saturated heterocycles. The summed E-state index contributed by atoms with van der Waals surface area (Å²) in [6, 6.07) is 18.7. The monoisotopic (exact) mass is 552 g/mol. The molecule has 9 heteroatoms. The molecule has 5 aromatic rings. The summed E-state index contributed by atoms with van der Waals surface area (Å²) in [5.74, 6) is 2.54. The Kier molecular flexibility index (Phi) is 6.61. The molecule has 0 bridgehead atoms. The highest BCUT2D eigenvalue weighted by Gasteiger charge is 2.14. The SMILES string of the molecule is COc1cccc(OCCOc2c(Br)cc(/C=c3\sc4nc5ccccc5n4c3=O)cc2OC)c1. The number of thiazole rings is 1. The number of hydrogen-bond donors (Lipinski definition) is 0. The Labute approximate surface area is 213 Å². The van der Waals surface area contributed by atoms with Gasteiger partial charge in [0, 0.05) is 6.07 Å². The van der Waals surface area contributed by atoms with E-state index in [1.165, 1.54) is 11.3 Å². The fourth-order valence-corrected chi connectivity index (χ4v) is 5.28. The molecule has 178 valence electrons. The summed E-state index contributed by atoms with van der Waals surface area (Å²) in [5, 5.41) is 0. The predicted octanol–water partition coefficient (Wildman–Crippen LogP) is 4.69. The summed E-state index contributed by atoms with van der Waals surface area (Å²) >= 11 is 4.93. The number of rotatable bonds is 8. The lowest BCUT2D eigenvalue weighted by molar-refractivity contribution is 0.210. The normalized spacial score (nSPS) is 11.8. The molecule has 0 unspecified atom stereocenters. The highest BCUT2D eigenvalue weighted by atomic mass is 79.9. The van der Waals surface area contributed by atoms with Crippen LogP contribution in [0, 0.1) is 0 Å². The Balaban J connectivity index is 1.36. The van der Waals surface area contributed by atoms with Crippen LogP contribution in [0.3, 0.4) is 0 Å². The van der Waals surface area contributed by atoms with Crippen molar-refractivity contribution in [2.45, 2.75) is 0 Å². The maximum Gasteiger partial charge on any atom is 0.274 e. The Bertz CT molecular complexity index is 1630. The molecule has 0 amide bonds. The van der Waals surface area contributed by atoms with Gasteiger partial charge < -0.3 is 18.9 Å². The average molecular weight is 553 g/mol. The van der Waals surface area contributed by atoms with Crippen LogP contribution in [0.5, 0.6) is 23.0 Å². The Hall–Kier alpha value is -3.56. The summed E-state index contributed by atoms with van der Waals surface area (Å²) in [7, 11) is 3.19. The minimum absolute atomic E-state index is 0.0937. The first-order valence-corrected chi connectivity index (χ1v) is 12.4. The first-order chi connectivity index (χ1) is 17.1. The number of hydrogen-bond acceptors (Lipinski definition) is 7. The summed E-state index contributed by atoms with van der Waals surface area (Å²) < 4.78 is 25.4. The van der Waals surface area contributed by atoms with Crippen molar-refractivity contribution in [1.29, 1.82) is 0 Å². The molecule has 0 radical (unpaired) electrons. The van der Waals surface area contributed by atoms with Crippen molar-refractivity contribution >= 4 is 49.3 Å². The van der Waals surface area contributed by atoms with Gasteiger partial charge in [0.05, 0.1) is 34.3 Å². The van der Waals surface area contributed by atoms with Gasteiger partial charge in [-0.15, -0.1) is 0 Å². The molecule has 0 aliphatic carbocycles. The molecular weight excluding hydrogens is 532 g/mol. The van der Waals surface area contributed by atoms with E-state index in [0.29, 0.717) is 44.4 Å². The van der Waals surface area contributed by atoms with Gasteiger partial charge in [-0.25, -0.2) is 9.38 Å². The lowest BCUT2D eigenvalue weighted by Crippen LogP contribution is -2.22. The number of fused-ring (bicyclic) bond motifs is 3. The van der Waals surface area contributed by atoms with E-state index >= 15 is 0 Å². The van der Waals surface area contributed by atoms with E-state index in [2.05, 4.69) is 20.9 Å². The van der Waals surface area contributed by atoms with Crippen molar-refractivity contribution < 1.29 is 18.9 Å². The van der Waals surface area contributed by atoms with Gasteiger partial charge in [-0.05, 0) is 64.0 Å². The fourth-order valence-electron chi connectivity index (χ4n) is 3.72. The Morgan fingerprint density at radius 1 is 0.971 bits per heavy atom. The molecule has 35 heavy (non-hydrogen) atoms. The first kappa shape index (κ1) is 23.2. The number of halogens is 1. The molecular formula is C26H21BrN2O5S. The van der Waals surface area contributed by atoms with Crippen molar-refractivity contribution in [3.05, 3.63) is 85.6 Å². The standard InChI is InChI=1S/C26H21BrN2O5S/c1-31-17-6-5-7-18(15-17)33-10-11-34-24-19(27)12-16(13-22(24)32-2)14-23-25(30)29-21-9-4-3-8-20(21)28-26(29)35-23/h3-9,12-15H,10-11H2,1-2H3/b23-14-. The minimum Gasteiger partial charge on any atom is -0.497 e. The Morgan fingerprint density at radius 3 is 2.60 bits per heavy atom. The molecule has 0 spiro atoms. The lowest BCUT2D eigenvalue weighted by atomic mass is 10.2. The van der Waals surface area contributed by atoms with Crippen LogP contribution in [0.25, 0.3) is 22.1 Å². The van der Waals surface area contributed by atoms with Crippen molar-refractivity contribution in [2.24, 2.45) is 0 Å². The molecule has 7 nitrogen and oxygen atoms in total. The van der Waals surface area contributed by atoms with E-state index in [4.69, 9.17) is 18.9 Å². The zero-order chi connectivity index (χ0) is 24.4. The van der Waals surface area contributed by atoms with E-state index in [-0.39, 0.29) is 5.56 Å². The van der Waals surface area contributed by atoms with Gasteiger partial charge in [0.1, 0.15) is 24.7 Å². The zero-order valence-corrected chi connectivity index (χ0v) is 21.4. The first-order valence-electron chi connectivity index (χ1n) is 10.8. The van der Waals surface area contributed by atoms with Crippen molar-refractivity contribution in [2.75, 3.05) is 27.4 Å². The third-order valence-electron chi connectivity index (χ3n) is 5.33. The van der Waals surface area contributed by atoms with Gasteiger partial charge >= 0.3 is 0 Å². The molecule has 2 heterocycles. The maximum absolute atomic E-state index is 13.1. The van der Waals surface area contributed by atoms with E-state index < -0.39 is 0 Å². The van der Waals surface area contributed by atoms with Gasteiger partial charge in [0.15, 0.2) is 16.5 Å². The Morgan fingerprint density at radius 2 is 1.77 bits per heavy atom. The molecule has 0 aliphatic heterocycles. The van der Waals surface area contributed by atoms with Gasteiger partial charge in [-0.2, -0.15) is 0 Å². The molecule has 5 rings (SSSR count). The van der Waals surface area contributed by atoms with Crippen molar-refractivity contribution in [3.8, 4) is 23.0 Å². The van der Waals surface area contributed by atoms with Gasteiger partial charge in [0.25, 0.3) is 5.56 Å². The maximum atomic E-state index is 13.1. The molecule has 3 aromatic carbocycles. The molecule has 2 aromatic heterocycles. The van der Waals surface area contributed by atoms with E-state index in [9.17, 15) is 4.79 Å². The zero-order valence-electron chi connectivity index (χ0n) is 19.0. The van der Waals surface area contributed by atoms with E-state index in [1.54, 1.807) is 18.6 Å². The van der Waals surface area contributed by atoms with Crippen LogP contribution in [-0.4, -0.2) is 36.8 Å². The quantitative estimate of drug-likeness (QED) is 0.260. The summed E-state index contributed by atoms with van der Waals surface area (Å²) in [5.41, 5.74) is 2.33. The number of methoxy groups -OCH3 is 2. The smallest absolute Gasteiger partial charge is 0.274 e. The minimum atomic E-state index is -0.0937. The second-order valence-electron chi connectivity index (χ2n) is 7.54.